The Balaban J connectivity index is 1.81. The summed E-state index contributed by atoms with van der Waals surface area (Å²) in [7, 11) is 0. The molecule has 5 heteroatoms. The van der Waals surface area contributed by atoms with Crippen LogP contribution in [0.25, 0.3) is 0 Å². The van der Waals surface area contributed by atoms with Gasteiger partial charge in [-0.15, -0.1) is 0 Å². The van der Waals surface area contributed by atoms with Crippen LogP contribution in [0.15, 0.2) is 18.2 Å². The molecule has 0 aliphatic carbocycles. The molecule has 0 unspecified atom stereocenters. The Bertz CT molecular complexity index is 490. The number of carbonyl (C=O) groups is 1. The summed E-state index contributed by atoms with van der Waals surface area (Å²) in [6.45, 7) is 6.12. The standard InChI is InChI=1S/C15H20N2OS2/c1-11-7-12(2)9-13(8-11)16-14(18)10-20-15(19)17-5-3-4-6-17/h7-9H,3-6,10H2,1-2H3,(H,16,18). The van der Waals surface area contributed by atoms with E-state index < -0.39 is 0 Å². The van der Waals surface area contributed by atoms with Crippen molar-refractivity contribution in [2.45, 2.75) is 26.7 Å². The molecule has 1 fully saturated rings. The van der Waals surface area contributed by atoms with Gasteiger partial charge in [-0.05, 0) is 49.9 Å². The van der Waals surface area contributed by atoms with Crippen molar-refractivity contribution in [1.29, 1.82) is 0 Å². The van der Waals surface area contributed by atoms with Crippen molar-refractivity contribution in [3.05, 3.63) is 29.3 Å². The predicted molar refractivity (Wildman–Crippen MR) is 90.4 cm³/mol. The highest BCUT2D eigenvalue weighted by Crippen LogP contribution is 2.17. The second kappa shape index (κ2) is 7.09. The molecule has 1 heterocycles. The lowest BCUT2D eigenvalue weighted by molar-refractivity contribution is -0.113. The van der Waals surface area contributed by atoms with Crippen molar-refractivity contribution in [3.8, 4) is 0 Å². The molecule has 3 nitrogen and oxygen atoms in total. The summed E-state index contributed by atoms with van der Waals surface area (Å²) in [6.07, 6.45) is 2.41. The SMILES string of the molecule is Cc1cc(C)cc(NC(=O)CSC(=S)N2CCCC2)c1. The summed E-state index contributed by atoms with van der Waals surface area (Å²) in [5.41, 5.74) is 3.17. The van der Waals surface area contributed by atoms with Crippen LogP contribution in [0.4, 0.5) is 5.69 Å². The Hall–Kier alpha value is -1.07. The molecule has 1 saturated heterocycles. The van der Waals surface area contributed by atoms with Crippen LogP contribution in [-0.2, 0) is 4.79 Å². The van der Waals surface area contributed by atoms with Gasteiger partial charge in [0.2, 0.25) is 5.91 Å². The summed E-state index contributed by atoms with van der Waals surface area (Å²) in [4.78, 5) is 14.1. The minimum Gasteiger partial charge on any atom is -0.358 e. The predicted octanol–water partition coefficient (Wildman–Crippen LogP) is 3.36. The Morgan fingerprint density at radius 3 is 2.45 bits per heavy atom. The molecule has 0 radical (unpaired) electrons. The number of likely N-dealkylation sites (tertiary alicyclic amines) is 1. The van der Waals surface area contributed by atoms with Gasteiger partial charge in [-0.1, -0.05) is 30.0 Å². The van der Waals surface area contributed by atoms with Gasteiger partial charge in [0, 0.05) is 18.8 Å². The second-order valence-electron chi connectivity index (χ2n) is 5.17. The number of thiocarbonyl (C=S) groups is 1. The molecule has 108 valence electrons. The third-order valence-corrected chi connectivity index (χ3v) is 4.72. The Kier molecular flexibility index (Phi) is 5.43. The summed E-state index contributed by atoms with van der Waals surface area (Å²) >= 11 is 6.80. The third kappa shape index (κ3) is 4.49. The number of anilines is 1. The van der Waals surface area contributed by atoms with E-state index >= 15 is 0 Å². The first kappa shape index (κ1) is 15.3. The van der Waals surface area contributed by atoms with E-state index in [4.69, 9.17) is 12.2 Å². The number of rotatable bonds is 3. The molecule has 1 amide bonds. The average Bonchev–Trinajstić information content (AvgIpc) is 2.88. The maximum atomic E-state index is 11.9. The molecule has 0 atom stereocenters. The molecule has 1 aromatic carbocycles. The molecule has 0 spiro atoms. The molecule has 1 aromatic rings. The Morgan fingerprint density at radius 2 is 1.85 bits per heavy atom. The first-order chi connectivity index (χ1) is 9.54. The number of nitrogens with one attached hydrogen (secondary N) is 1. The fourth-order valence-corrected chi connectivity index (χ4v) is 3.41. The Morgan fingerprint density at radius 1 is 1.25 bits per heavy atom. The zero-order chi connectivity index (χ0) is 14.5. The molecule has 1 N–H and O–H groups in total. The van der Waals surface area contributed by atoms with Gasteiger partial charge >= 0.3 is 0 Å². The topological polar surface area (TPSA) is 32.3 Å². The zero-order valence-electron chi connectivity index (χ0n) is 11.9. The maximum absolute atomic E-state index is 11.9. The summed E-state index contributed by atoms with van der Waals surface area (Å²) in [6, 6.07) is 6.05. The van der Waals surface area contributed by atoms with Crippen molar-refractivity contribution in [1.82, 2.24) is 4.90 Å². The molecular formula is C15H20N2OS2. The second-order valence-corrected chi connectivity index (χ2v) is 6.78. The number of aryl methyl sites for hydroxylation is 2. The lowest BCUT2D eigenvalue weighted by Crippen LogP contribution is -2.25. The van der Waals surface area contributed by atoms with E-state index in [1.165, 1.54) is 24.6 Å². The van der Waals surface area contributed by atoms with E-state index in [1.54, 1.807) is 0 Å². The van der Waals surface area contributed by atoms with E-state index in [2.05, 4.69) is 16.3 Å². The number of carbonyl (C=O) groups excluding carboxylic acids is 1. The van der Waals surface area contributed by atoms with Crippen molar-refractivity contribution in [2.24, 2.45) is 0 Å². The van der Waals surface area contributed by atoms with Crippen LogP contribution in [0.1, 0.15) is 24.0 Å². The van der Waals surface area contributed by atoms with Crippen LogP contribution in [0.3, 0.4) is 0 Å². The average molecular weight is 308 g/mol. The number of hydrogen-bond donors (Lipinski definition) is 1. The van der Waals surface area contributed by atoms with Gasteiger partial charge in [0.15, 0.2) is 0 Å². The van der Waals surface area contributed by atoms with Gasteiger partial charge in [-0.3, -0.25) is 4.79 Å². The van der Waals surface area contributed by atoms with Gasteiger partial charge in [0.1, 0.15) is 4.32 Å². The highest BCUT2D eigenvalue weighted by Gasteiger charge is 2.16. The van der Waals surface area contributed by atoms with Gasteiger partial charge in [-0.25, -0.2) is 0 Å². The van der Waals surface area contributed by atoms with Gasteiger partial charge in [0.25, 0.3) is 0 Å². The molecule has 20 heavy (non-hydrogen) atoms. The number of nitrogens with zero attached hydrogens (tertiary/aromatic N) is 1. The first-order valence-corrected chi connectivity index (χ1v) is 8.24. The number of hydrogen-bond acceptors (Lipinski definition) is 3. The molecule has 1 aliphatic heterocycles. The summed E-state index contributed by atoms with van der Waals surface area (Å²) < 4.78 is 0.845. The lowest BCUT2D eigenvalue weighted by Gasteiger charge is -2.17. The number of amides is 1. The van der Waals surface area contributed by atoms with Crippen LogP contribution in [0.2, 0.25) is 0 Å². The minimum absolute atomic E-state index is 0.00143. The fourth-order valence-electron chi connectivity index (χ4n) is 2.36. The van der Waals surface area contributed by atoms with Crippen LogP contribution in [0, 0.1) is 13.8 Å². The van der Waals surface area contributed by atoms with Crippen molar-refractivity contribution >= 4 is 39.9 Å². The number of thioether (sulfide) groups is 1. The molecular weight excluding hydrogens is 288 g/mol. The lowest BCUT2D eigenvalue weighted by atomic mass is 10.1. The smallest absolute Gasteiger partial charge is 0.234 e. The van der Waals surface area contributed by atoms with E-state index in [0.29, 0.717) is 5.75 Å². The van der Waals surface area contributed by atoms with Crippen LogP contribution < -0.4 is 5.32 Å². The molecule has 1 aliphatic rings. The van der Waals surface area contributed by atoms with Crippen molar-refractivity contribution < 1.29 is 4.79 Å². The summed E-state index contributed by atoms with van der Waals surface area (Å²) in [5, 5.41) is 2.93. The minimum atomic E-state index is 0.00143. The van der Waals surface area contributed by atoms with Gasteiger partial charge in [-0.2, -0.15) is 0 Å². The highest BCUT2D eigenvalue weighted by atomic mass is 32.2. The van der Waals surface area contributed by atoms with Gasteiger partial charge < -0.3 is 10.2 Å². The quantitative estimate of drug-likeness (QED) is 0.868. The van der Waals surface area contributed by atoms with Crippen molar-refractivity contribution in [3.63, 3.8) is 0 Å². The maximum Gasteiger partial charge on any atom is 0.234 e. The number of benzene rings is 1. The first-order valence-electron chi connectivity index (χ1n) is 6.84. The van der Waals surface area contributed by atoms with Crippen LogP contribution in [0.5, 0.6) is 0 Å². The Labute approximate surface area is 130 Å². The highest BCUT2D eigenvalue weighted by molar-refractivity contribution is 8.23. The molecule has 0 saturated carbocycles. The zero-order valence-corrected chi connectivity index (χ0v) is 13.6. The van der Waals surface area contributed by atoms with E-state index in [9.17, 15) is 4.79 Å². The largest absolute Gasteiger partial charge is 0.358 e. The van der Waals surface area contributed by atoms with Gasteiger partial charge in [0.05, 0.1) is 5.75 Å². The monoisotopic (exact) mass is 308 g/mol. The van der Waals surface area contributed by atoms with Crippen molar-refractivity contribution in [2.75, 3.05) is 24.2 Å². The van der Waals surface area contributed by atoms with E-state index in [-0.39, 0.29) is 5.91 Å². The third-order valence-electron chi connectivity index (χ3n) is 3.20. The normalized spacial score (nSPS) is 14.4. The van der Waals surface area contributed by atoms with Crippen LogP contribution >= 0.6 is 24.0 Å². The van der Waals surface area contributed by atoms with E-state index in [1.807, 2.05) is 26.0 Å². The molecule has 2 rings (SSSR count). The van der Waals surface area contributed by atoms with Crippen LogP contribution in [-0.4, -0.2) is 34.0 Å². The fraction of sp³-hybridized carbons (Fsp3) is 0.467. The molecule has 0 bridgehead atoms. The van der Waals surface area contributed by atoms with E-state index in [0.717, 1.165) is 34.2 Å². The molecule has 0 aromatic heterocycles. The summed E-state index contributed by atoms with van der Waals surface area (Å²) in [5.74, 6) is 0.379.